The van der Waals surface area contributed by atoms with Crippen LogP contribution in [0.2, 0.25) is 0 Å². The van der Waals surface area contributed by atoms with Crippen molar-refractivity contribution < 1.29 is 0 Å². The molecule has 2 aliphatic heterocycles. The summed E-state index contributed by atoms with van der Waals surface area (Å²) in [5.41, 5.74) is 2.44. The Morgan fingerprint density at radius 1 is 1.10 bits per heavy atom. The van der Waals surface area contributed by atoms with E-state index >= 15 is 0 Å². The summed E-state index contributed by atoms with van der Waals surface area (Å²) in [6.45, 7) is 2.34. The molecule has 2 atom stereocenters. The molecule has 2 saturated heterocycles. The zero-order valence-electron chi connectivity index (χ0n) is 12.0. The molecule has 20 heavy (non-hydrogen) atoms. The van der Waals surface area contributed by atoms with Crippen LogP contribution in [0, 0.1) is 0 Å². The number of nitrogens with zero attached hydrogens (tertiary/aromatic N) is 3. The van der Waals surface area contributed by atoms with Gasteiger partial charge in [-0.05, 0) is 50.6 Å². The van der Waals surface area contributed by atoms with Gasteiger partial charge in [0.05, 0.1) is 5.52 Å². The molecule has 2 aromatic rings. The Bertz CT molecular complexity index is 624. The van der Waals surface area contributed by atoms with Crippen LogP contribution in [-0.2, 0) is 0 Å². The highest BCUT2D eigenvalue weighted by molar-refractivity contribution is 5.82. The number of rotatable bonds is 1. The molecule has 1 aromatic heterocycles. The average Bonchev–Trinajstić information content (AvgIpc) is 2.72. The highest BCUT2D eigenvalue weighted by Crippen LogP contribution is 2.31. The summed E-state index contributed by atoms with van der Waals surface area (Å²) in [7, 11) is 2.30. The maximum Gasteiger partial charge on any atom is 0.0703 e. The van der Waals surface area contributed by atoms with E-state index in [1.54, 1.807) is 0 Å². The van der Waals surface area contributed by atoms with E-state index in [0.29, 0.717) is 0 Å². The summed E-state index contributed by atoms with van der Waals surface area (Å²) in [5, 5.41) is 1.24. The molecule has 3 heterocycles. The van der Waals surface area contributed by atoms with E-state index in [0.717, 1.165) is 17.6 Å². The summed E-state index contributed by atoms with van der Waals surface area (Å²) in [4.78, 5) is 9.57. The van der Waals surface area contributed by atoms with Gasteiger partial charge in [0.25, 0.3) is 0 Å². The molecule has 0 saturated carbocycles. The van der Waals surface area contributed by atoms with Gasteiger partial charge in [-0.3, -0.25) is 9.88 Å². The zero-order chi connectivity index (χ0) is 13.5. The van der Waals surface area contributed by atoms with E-state index in [2.05, 4.69) is 46.1 Å². The SMILES string of the molecule is CN1C2CCC1CN(c1ccc3ncccc3c1)CC2. The number of anilines is 1. The van der Waals surface area contributed by atoms with Gasteiger partial charge in [-0.15, -0.1) is 0 Å². The van der Waals surface area contributed by atoms with Gasteiger partial charge in [0.15, 0.2) is 0 Å². The largest absolute Gasteiger partial charge is 0.370 e. The summed E-state index contributed by atoms with van der Waals surface area (Å²) >= 11 is 0. The fourth-order valence-electron chi connectivity index (χ4n) is 3.80. The average molecular weight is 267 g/mol. The lowest BCUT2D eigenvalue weighted by Gasteiger charge is -2.27. The Kier molecular flexibility index (Phi) is 2.88. The van der Waals surface area contributed by atoms with Crippen LogP contribution in [0.3, 0.4) is 0 Å². The standard InChI is InChI=1S/C17H21N3/c1-19-14-4-5-16(19)12-20(10-8-14)15-6-7-17-13(11-15)3-2-9-18-17/h2-3,6-7,9,11,14,16H,4-5,8,10,12H2,1H3. The molecule has 3 heteroatoms. The molecule has 2 unspecified atom stereocenters. The second kappa shape index (κ2) is 4.74. The number of hydrogen-bond donors (Lipinski definition) is 0. The molecule has 0 N–H and O–H groups in total. The molecule has 1 aromatic carbocycles. The Hall–Kier alpha value is -1.61. The van der Waals surface area contributed by atoms with E-state index in [1.165, 1.54) is 43.4 Å². The molecule has 2 bridgehead atoms. The first-order valence-corrected chi connectivity index (χ1v) is 7.63. The Morgan fingerprint density at radius 3 is 2.95 bits per heavy atom. The van der Waals surface area contributed by atoms with Crippen molar-refractivity contribution in [2.24, 2.45) is 0 Å². The van der Waals surface area contributed by atoms with Crippen molar-refractivity contribution in [3.05, 3.63) is 36.5 Å². The zero-order valence-corrected chi connectivity index (χ0v) is 12.0. The van der Waals surface area contributed by atoms with Crippen LogP contribution < -0.4 is 4.90 Å². The fraction of sp³-hybridized carbons (Fsp3) is 0.471. The maximum absolute atomic E-state index is 4.41. The predicted octanol–water partition coefficient (Wildman–Crippen LogP) is 2.91. The van der Waals surface area contributed by atoms with Gasteiger partial charge in [0.2, 0.25) is 0 Å². The third kappa shape index (κ3) is 1.97. The Morgan fingerprint density at radius 2 is 2.00 bits per heavy atom. The van der Waals surface area contributed by atoms with Gasteiger partial charge < -0.3 is 4.90 Å². The molecule has 2 aliphatic rings. The summed E-state index contributed by atoms with van der Waals surface area (Å²) in [5.74, 6) is 0. The lowest BCUT2D eigenvalue weighted by molar-refractivity contribution is 0.254. The second-order valence-electron chi connectivity index (χ2n) is 6.17. The molecule has 3 nitrogen and oxygen atoms in total. The van der Waals surface area contributed by atoms with Crippen molar-refractivity contribution >= 4 is 16.6 Å². The van der Waals surface area contributed by atoms with Crippen molar-refractivity contribution in [2.75, 3.05) is 25.0 Å². The number of aromatic nitrogens is 1. The highest BCUT2D eigenvalue weighted by Gasteiger charge is 2.34. The Balaban J connectivity index is 1.65. The second-order valence-corrected chi connectivity index (χ2v) is 6.17. The molecular formula is C17H21N3. The van der Waals surface area contributed by atoms with Gasteiger partial charge in [0, 0.05) is 42.4 Å². The van der Waals surface area contributed by atoms with Crippen LogP contribution in [0.1, 0.15) is 19.3 Å². The predicted molar refractivity (Wildman–Crippen MR) is 83.1 cm³/mol. The molecule has 104 valence electrons. The van der Waals surface area contributed by atoms with Gasteiger partial charge in [-0.2, -0.15) is 0 Å². The van der Waals surface area contributed by atoms with E-state index in [1.807, 2.05) is 12.3 Å². The van der Waals surface area contributed by atoms with Crippen molar-refractivity contribution in [1.29, 1.82) is 0 Å². The van der Waals surface area contributed by atoms with E-state index in [-0.39, 0.29) is 0 Å². The molecule has 2 fully saturated rings. The third-order valence-corrected chi connectivity index (χ3v) is 5.10. The molecule has 4 rings (SSSR count). The van der Waals surface area contributed by atoms with Crippen molar-refractivity contribution in [3.63, 3.8) is 0 Å². The Labute approximate surface area is 120 Å². The molecule has 0 amide bonds. The van der Waals surface area contributed by atoms with Crippen LogP contribution in [0.5, 0.6) is 0 Å². The minimum atomic E-state index is 0.729. The molecule has 0 aliphatic carbocycles. The van der Waals surface area contributed by atoms with Gasteiger partial charge in [0.1, 0.15) is 0 Å². The number of likely N-dealkylation sites (N-methyl/N-ethyl adjacent to an activating group) is 1. The van der Waals surface area contributed by atoms with E-state index < -0.39 is 0 Å². The fourth-order valence-corrected chi connectivity index (χ4v) is 3.80. The first-order valence-electron chi connectivity index (χ1n) is 7.63. The minimum absolute atomic E-state index is 0.729. The monoisotopic (exact) mass is 267 g/mol. The highest BCUT2D eigenvalue weighted by atomic mass is 15.3. The van der Waals surface area contributed by atoms with Crippen LogP contribution in [0.25, 0.3) is 10.9 Å². The topological polar surface area (TPSA) is 19.4 Å². The van der Waals surface area contributed by atoms with Crippen molar-refractivity contribution in [1.82, 2.24) is 9.88 Å². The number of benzene rings is 1. The first-order chi connectivity index (χ1) is 9.81. The first kappa shape index (κ1) is 12.2. The minimum Gasteiger partial charge on any atom is -0.370 e. The lowest BCUT2D eigenvalue weighted by Crippen LogP contribution is -2.36. The molecular weight excluding hydrogens is 246 g/mol. The molecule has 0 spiro atoms. The van der Waals surface area contributed by atoms with Crippen molar-refractivity contribution in [2.45, 2.75) is 31.3 Å². The normalized spacial score (nSPS) is 26.9. The maximum atomic E-state index is 4.41. The summed E-state index contributed by atoms with van der Waals surface area (Å²) in [6, 6.07) is 12.4. The van der Waals surface area contributed by atoms with E-state index in [4.69, 9.17) is 0 Å². The van der Waals surface area contributed by atoms with Crippen LogP contribution >= 0.6 is 0 Å². The summed E-state index contributed by atoms with van der Waals surface area (Å²) in [6.07, 6.45) is 5.89. The van der Waals surface area contributed by atoms with Gasteiger partial charge in [-0.1, -0.05) is 6.07 Å². The number of pyridine rings is 1. The van der Waals surface area contributed by atoms with Gasteiger partial charge >= 0.3 is 0 Å². The third-order valence-electron chi connectivity index (χ3n) is 5.10. The van der Waals surface area contributed by atoms with E-state index in [9.17, 15) is 0 Å². The van der Waals surface area contributed by atoms with Crippen LogP contribution in [0.4, 0.5) is 5.69 Å². The molecule has 0 radical (unpaired) electrons. The smallest absolute Gasteiger partial charge is 0.0703 e. The number of hydrogen-bond acceptors (Lipinski definition) is 3. The van der Waals surface area contributed by atoms with Crippen LogP contribution in [-0.4, -0.2) is 42.1 Å². The summed E-state index contributed by atoms with van der Waals surface area (Å²) < 4.78 is 0. The quantitative estimate of drug-likeness (QED) is 0.792. The van der Waals surface area contributed by atoms with Crippen LogP contribution in [0.15, 0.2) is 36.5 Å². The van der Waals surface area contributed by atoms with Crippen molar-refractivity contribution in [3.8, 4) is 0 Å². The lowest BCUT2D eigenvalue weighted by atomic mass is 10.1. The van der Waals surface area contributed by atoms with Gasteiger partial charge in [-0.25, -0.2) is 0 Å². The number of fused-ring (bicyclic) bond motifs is 3.